The highest BCUT2D eigenvalue weighted by Gasteiger charge is 2.28. The Morgan fingerprint density at radius 1 is 1.44 bits per heavy atom. The summed E-state index contributed by atoms with van der Waals surface area (Å²) in [5, 5.41) is 3.30. The second kappa shape index (κ2) is 4.95. The highest BCUT2D eigenvalue weighted by Crippen LogP contribution is 2.34. The lowest BCUT2D eigenvalue weighted by Gasteiger charge is -2.32. The van der Waals surface area contributed by atoms with E-state index in [2.05, 4.69) is 27.9 Å². The van der Waals surface area contributed by atoms with Crippen molar-refractivity contribution >= 4 is 40.1 Å². The number of carbonyl (C=O) groups excluding carboxylic acids is 1. The molecule has 4 nitrogen and oxygen atoms in total. The molecule has 1 aromatic rings. The molecule has 0 atom stereocenters. The van der Waals surface area contributed by atoms with E-state index in [0.29, 0.717) is 6.54 Å². The first-order chi connectivity index (χ1) is 8.38. The van der Waals surface area contributed by atoms with Crippen LogP contribution in [0.3, 0.4) is 0 Å². The topological polar surface area (TPSA) is 41.6 Å². The van der Waals surface area contributed by atoms with E-state index in [9.17, 15) is 4.79 Å². The molecule has 0 aliphatic carbocycles. The zero-order chi connectivity index (χ0) is 13.3. The molecule has 0 aromatic heterocycles. The van der Waals surface area contributed by atoms with Gasteiger partial charge < -0.3 is 10.1 Å². The zero-order valence-electron chi connectivity index (χ0n) is 10.8. The normalized spacial score (nSPS) is 14.8. The van der Waals surface area contributed by atoms with Crippen molar-refractivity contribution in [1.29, 1.82) is 0 Å². The summed E-state index contributed by atoms with van der Waals surface area (Å²) in [6.45, 7) is 7.01. The van der Waals surface area contributed by atoms with Crippen molar-refractivity contribution in [3.8, 4) is 0 Å². The van der Waals surface area contributed by atoms with Crippen LogP contribution in [0.15, 0.2) is 18.2 Å². The Kier molecular flexibility index (Phi) is 3.70. The predicted octanol–water partition coefficient (Wildman–Crippen LogP) is 3.46. The van der Waals surface area contributed by atoms with E-state index >= 15 is 0 Å². The molecule has 1 heterocycles. The SMILES string of the molecule is CC(C)(C)OC(=O)N1CCNc2cccc(I)c21. The largest absolute Gasteiger partial charge is 0.443 e. The first-order valence-electron chi connectivity index (χ1n) is 5.91. The molecule has 1 aliphatic rings. The molecule has 1 N–H and O–H groups in total. The van der Waals surface area contributed by atoms with Gasteiger partial charge in [-0.25, -0.2) is 4.79 Å². The molecule has 18 heavy (non-hydrogen) atoms. The summed E-state index contributed by atoms with van der Waals surface area (Å²) < 4.78 is 6.49. The maximum atomic E-state index is 12.2. The van der Waals surface area contributed by atoms with Gasteiger partial charge in [0, 0.05) is 16.7 Å². The highest BCUT2D eigenvalue weighted by molar-refractivity contribution is 14.1. The Balaban J connectivity index is 2.30. The van der Waals surface area contributed by atoms with Crippen LogP contribution >= 0.6 is 22.6 Å². The monoisotopic (exact) mass is 360 g/mol. The van der Waals surface area contributed by atoms with Gasteiger partial charge in [0.15, 0.2) is 0 Å². The maximum absolute atomic E-state index is 12.2. The summed E-state index contributed by atoms with van der Waals surface area (Å²) >= 11 is 2.24. The number of halogens is 1. The number of carbonyl (C=O) groups is 1. The molecular weight excluding hydrogens is 343 g/mol. The smallest absolute Gasteiger partial charge is 0.414 e. The summed E-state index contributed by atoms with van der Waals surface area (Å²) in [6.07, 6.45) is -0.283. The van der Waals surface area contributed by atoms with Gasteiger partial charge in [-0.1, -0.05) is 6.07 Å². The highest BCUT2D eigenvalue weighted by atomic mass is 127. The minimum atomic E-state index is -0.470. The first kappa shape index (κ1) is 13.5. The van der Waals surface area contributed by atoms with Gasteiger partial charge in [0.05, 0.1) is 11.4 Å². The number of amides is 1. The van der Waals surface area contributed by atoms with Crippen molar-refractivity contribution < 1.29 is 9.53 Å². The summed E-state index contributed by atoms with van der Waals surface area (Å²) in [5.41, 5.74) is 1.43. The van der Waals surface area contributed by atoms with Crippen LogP contribution in [-0.4, -0.2) is 24.8 Å². The van der Waals surface area contributed by atoms with Crippen molar-refractivity contribution in [2.24, 2.45) is 0 Å². The van der Waals surface area contributed by atoms with E-state index in [1.54, 1.807) is 4.90 Å². The number of hydrogen-bond acceptors (Lipinski definition) is 3. The van der Waals surface area contributed by atoms with Crippen LogP contribution in [0.2, 0.25) is 0 Å². The fraction of sp³-hybridized carbons (Fsp3) is 0.462. The number of ether oxygens (including phenoxy) is 1. The van der Waals surface area contributed by atoms with Crippen molar-refractivity contribution in [2.45, 2.75) is 26.4 Å². The quantitative estimate of drug-likeness (QED) is 0.721. The third kappa shape index (κ3) is 2.88. The van der Waals surface area contributed by atoms with E-state index in [0.717, 1.165) is 21.5 Å². The molecule has 0 radical (unpaired) electrons. The van der Waals surface area contributed by atoms with Gasteiger partial charge in [0.2, 0.25) is 0 Å². The Morgan fingerprint density at radius 3 is 2.83 bits per heavy atom. The van der Waals surface area contributed by atoms with Crippen LogP contribution in [-0.2, 0) is 4.74 Å². The van der Waals surface area contributed by atoms with Crippen LogP contribution in [0.1, 0.15) is 20.8 Å². The Labute approximate surface area is 121 Å². The Morgan fingerprint density at radius 2 is 2.17 bits per heavy atom. The fourth-order valence-corrected chi connectivity index (χ4v) is 2.64. The van der Waals surface area contributed by atoms with Crippen LogP contribution < -0.4 is 10.2 Å². The Bertz CT molecular complexity index is 469. The van der Waals surface area contributed by atoms with Gasteiger partial charge in [-0.15, -0.1) is 0 Å². The van der Waals surface area contributed by atoms with Crippen molar-refractivity contribution in [3.05, 3.63) is 21.8 Å². The molecule has 1 amide bonds. The van der Waals surface area contributed by atoms with Gasteiger partial charge in [-0.2, -0.15) is 0 Å². The van der Waals surface area contributed by atoms with Crippen LogP contribution in [0.25, 0.3) is 0 Å². The average Bonchev–Trinajstić information content (AvgIpc) is 2.26. The lowest BCUT2D eigenvalue weighted by molar-refractivity contribution is 0.0580. The molecule has 0 spiro atoms. The fourth-order valence-electron chi connectivity index (χ4n) is 1.85. The maximum Gasteiger partial charge on any atom is 0.414 e. The number of para-hydroxylation sites is 1. The Hall–Kier alpha value is -0.980. The minimum absolute atomic E-state index is 0.283. The van der Waals surface area contributed by atoms with E-state index in [-0.39, 0.29) is 6.09 Å². The van der Waals surface area contributed by atoms with Gasteiger partial charge in [0.25, 0.3) is 0 Å². The molecule has 2 rings (SSSR count). The summed E-state index contributed by atoms with van der Waals surface area (Å²) in [4.78, 5) is 13.9. The molecule has 0 saturated heterocycles. The first-order valence-corrected chi connectivity index (χ1v) is 6.99. The molecule has 0 unspecified atom stereocenters. The lowest BCUT2D eigenvalue weighted by atomic mass is 10.2. The molecule has 0 bridgehead atoms. The van der Waals surface area contributed by atoms with Crippen molar-refractivity contribution in [3.63, 3.8) is 0 Å². The molecule has 1 aromatic carbocycles. The summed E-state index contributed by atoms with van der Waals surface area (Å²) in [6, 6.07) is 5.95. The molecular formula is C13H17IN2O2. The number of anilines is 2. The van der Waals surface area contributed by atoms with E-state index < -0.39 is 5.60 Å². The zero-order valence-corrected chi connectivity index (χ0v) is 12.9. The second-order valence-corrected chi connectivity index (χ2v) is 6.36. The van der Waals surface area contributed by atoms with Gasteiger partial charge in [0.1, 0.15) is 5.60 Å². The standard InChI is InChI=1S/C13H17IN2O2/c1-13(2,3)18-12(17)16-8-7-15-10-6-4-5-9(14)11(10)16/h4-6,15H,7-8H2,1-3H3. The number of nitrogens with one attached hydrogen (secondary N) is 1. The number of hydrogen-bond donors (Lipinski definition) is 1. The predicted molar refractivity (Wildman–Crippen MR) is 81.2 cm³/mol. The molecule has 5 heteroatoms. The van der Waals surface area contributed by atoms with E-state index in [1.807, 2.05) is 39.0 Å². The third-order valence-electron chi connectivity index (χ3n) is 2.52. The van der Waals surface area contributed by atoms with Gasteiger partial charge in [-0.05, 0) is 55.5 Å². The van der Waals surface area contributed by atoms with Gasteiger partial charge in [-0.3, -0.25) is 4.90 Å². The molecule has 0 fully saturated rings. The van der Waals surface area contributed by atoms with Crippen LogP contribution in [0.4, 0.5) is 16.2 Å². The number of nitrogens with zero attached hydrogens (tertiary/aromatic N) is 1. The number of fused-ring (bicyclic) bond motifs is 1. The number of benzene rings is 1. The minimum Gasteiger partial charge on any atom is -0.443 e. The summed E-state index contributed by atoms with van der Waals surface area (Å²) in [5.74, 6) is 0. The van der Waals surface area contributed by atoms with Crippen molar-refractivity contribution in [2.75, 3.05) is 23.3 Å². The lowest BCUT2D eigenvalue weighted by Crippen LogP contribution is -2.42. The van der Waals surface area contributed by atoms with Crippen molar-refractivity contribution in [1.82, 2.24) is 0 Å². The molecule has 98 valence electrons. The second-order valence-electron chi connectivity index (χ2n) is 5.19. The summed E-state index contributed by atoms with van der Waals surface area (Å²) in [7, 11) is 0. The number of rotatable bonds is 0. The van der Waals surface area contributed by atoms with E-state index in [1.165, 1.54) is 0 Å². The average molecular weight is 360 g/mol. The molecule has 0 saturated carbocycles. The van der Waals surface area contributed by atoms with E-state index in [4.69, 9.17) is 4.74 Å². The van der Waals surface area contributed by atoms with Crippen LogP contribution in [0.5, 0.6) is 0 Å². The van der Waals surface area contributed by atoms with Crippen LogP contribution in [0, 0.1) is 3.57 Å². The molecule has 1 aliphatic heterocycles. The van der Waals surface area contributed by atoms with Gasteiger partial charge >= 0.3 is 6.09 Å². The third-order valence-corrected chi connectivity index (χ3v) is 3.39.